The van der Waals surface area contributed by atoms with Crippen molar-refractivity contribution in [2.45, 2.75) is 19.6 Å². The van der Waals surface area contributed by atoms with Crippen LogP contribution < -0.4 is 0 Å². The van der Waals surface area contributed by atoms with Crippen molar-refractivity contribution in [3.05, 3.63) is 59.7 Å². The van der Waals surface area contributed by atoms with E-state index in [1.165, 1.54) is 12.1 Å². The van der Waals surface area contributed by atoms with Gasteiger partial charge in [0.2, 0.25) is 0 Å². The van der Waals surface area contributed by atoms with Crippen LogP contribution in [0.2, 0.25) is 0 Å². The Morgan fingerprint density at radius 1 is 1.20 bits per heavy atom. The molecular formula is C17H14F3N3O2. The van der Waals surface area contributed by atoms with Crippen LogP contribution in [0, 0.1) is 0 Å². The molecule has 0 aliphatic rings. The molecule has 0 saturated heterocycles. The summed E-state index contributed by atoms with van der Waals surface area (Å²) >= 11 is 0. The zero-order chi connectivity index (χ0) is 18.0. The first-order valence-electron chi connectivity index (χ1n) is 7.53. The Morgan fingerprint density at radius 2 is 1.92 bits per heavy atom. The van der Waals surface area contributed by atoms with Crippen LogP contribution in [-0.4, -0.2) is 27.1 Å². The van der Waals surface area contributed by atoms with E-state index in [-0.39, 0.29) is 24.4 Å². The number of aromatic nitrogens is 3. The molecule has 0 N–H and O–H groups in total. The first-order valence-corrected chi connectivity index (χ1v) is 7.53. The number of carbonyl (C=O) groups excluding carboxylic acids is 1. The summed E-state index contributed by atoms with van der Waals surface area (Å²) in [5, 5.41) is 0. The Morgan fingerprint density at radius 3 is 2.56 bits per heavy atom. The highest BCUT2D eigenvalue weighted by Crippen LogP contribution is 2.30. The molecule has 0 saturated carbocycles. The van der Waals surface area contributed by atoms with Gasteiger partial charge in [-0.15, -0.1) is 0 Å². The van der Waals surface area contributed by atoms with E-state index in [9.17, 15) is 18.0 Å². The van der Waals surface area contributed by atoms with Gasteiger partial charge in [0, 0.05) is 18.9 Å². The van der Waals surface area contributed by atoms with E-state index in [0.29, 0.717) is 5.52 Å². The molecule has 8 heteroatoms. The average molecular weight is 349 g/mol. The summed E-state index contributed by atoms with van der Waals surface area (Å²) in [5.74, 6) is -0.608. The summed E-state index contributed by atoms with van der Waals surface area (Å²) in [6.07, 6.45) is -1.35. The number of hydrogen-bond donors (Lipinski definition) is 0. The van der Waals surface area contributed by atoms with Crippen LogP contribution in [0.15, 0.2) is 42.7 Å². The van der Waals surface area contributed by atoms with Crippen LogP contribution in [0.3, 0.4) is 0 Å². The van der Waals surface area contributed by atoms with Crippen molar-refractivity contribution >= 4 is 17.0 Å². The second-order valence-corrected chi connectivity index (χ2v) is 5.29. The number of ether oxygens (including phenoxy) is 1. The Balaban J connectivity index is 2.13. The monoisotopic (exact) mass is 349 g/mol. The standard InChI is InChI=1S/C17H14F3N3O2/c1-2-25-16(24)14-9-12-13(3-4-15(22-12)17(18,19)20)23(14)10-11-5-7-21-8-6-11/h3-9H,2,10H2,1H3. The van der Waals surface area contributed by atoms with E-state index < -0.39 is 17.8 Å². The first kappa shape index (κ1) is 16.9. The lowest BCUT2D eigenvalue weighted by atomic mass is 10.2. The first-order chi connectivity index (χ1) is 11.9. The maximum atomic E-state index is 12.9. The molecule has 5 nitrogen and oxygen atoms in total. The lowest BCUT2D eigenvalue weighted by Crippen LogP contribution is -2.13. The molecule has 0 unspecified atom stereocenters. The highest BCUT2D eigenvalue weighted by molar-refractivity contribution is 5.94. The predicted octanol–water partition coefficient (Wildman–Crippen LogP) is 3.68. The second-order valence-electron chi connectivity index (χ2n) is 5.29. The molecule has 25 heavy (non-hydrogen) atoms. The van der Waals surface area contributed by atoms with Gasteiger partial charge in [-0.25, -0.2) is 9.78 Å². The van der Waals surface area contributed by atoms with Crippen LogP contribution >= 0.6 is 0 Å². The molecule has 0 amide bonds. The average Bonchev–Trinajstić information content (AvgIpc) is 2.93. The minimum Gasteiger partial charge on any atom is -0.461 e. The van der Waals surface area contributed by atoms with E-state index >= 15 is 0 Å². The number of halogens is 3. The smallest absolute Gasteiger partial charge is 0.433 e. The van der Waals surface area contributed by atoms with Crippen LogP contribution in [0.25, 0.3) is 11.0 Å². The van der Waals surface area contributed by atoms with Gasteiger partial charge in [-0.1, -0.05) is 0 Å². The van der Waals surface area contributed by atoms with E-state index in [4.69, 9.17) is 4.74 Å². The lowest BCUT2D eigenvalue weighted by molar-refractivity contribution is -0.140. The van der Waals surface area contributed by atoms with Crippen molar-refractivity contribution in [1.82, 2.24) is 14.5 Å². The van der Waals surface area contributed by atoms with Crippen molar-refractivity contribution in [2.24, 2.45) is 0 Å². The maximum absolute atomic E-state index is 12.9. The molecule has 3 aromatic heterocycles. The Hall–Kier alpha value is -2.90. The molecule has 3 rings (SSSR count). The van der Waals surface area contributed by atoms with Crippen molar-refractivity contribution in [1.29, 1.82) is 0 Å². The molecule has 0 aliphatic heterocycles. The zero-order valence-corrected chi connectivity index (χ0v) is 13.2. The van der Waals surface area contributed by atoms with Crippen molar-refractivity contribution in [2.75, 3.05) is 6.61 Å². The molecule has 0 aliphatic carbocycles. The molecule has 0 radical (unpaired) electrons. The fourth-order valence-electron chi connectivity index (χ4n) is 2.51. The van der Waals surface area contributed by atoms with Gasteiger partial charge in [0.15, 0.2) is 0 Å². The number of carbonyl (C=O) groups is 1. The maximum Gasteiger partial charge on any atom is 0.433 e. The lowest BCUT2D eigenvalue weighted by Gasteiger charge is -2.10. The highest BCUT2D eigenvalue weighted by atomic mass is 19.4. The summed E-state index contributed by atoms with van der Waals surface area (Å²) in [6, 6.07) is 7.07. The quantitative estimate of drug-likeness (QED) is 0.675. The molecular weight excluding hydrogens is 335 g/mol. The van der Waals surface area contributed by atoms with Crippen molar-refractivity contribution in [3.63, 3.8) is 0 Å². The predicted molar refractivity (Wildman–Crippen MR) is 84.0 cm³/mol. The normalized spacial score (nSPS) is 11.7. The number of fused-ring (bicyclic) bond motifs is 1. The number of pyridine rings is 2. The van der Waals surface area contributed by atoms with E-state index in [1.807, 2.05) is 0 Å². The van der Waals surface area contributed by atoms with E-state index in [2.05, 4.69) is 9.97 Å². The third-order valence-electron chi connectivity index (χ3n) is 3.62. The summed E-state index contributed by atoms with van der Waals surface area (Å²) in [7, 11) is 0. The number of esters is 1. The fraction of sp³-hybridized carbons (Fsp3) is 0.235. The summed E-state index contributed by atoms with van der Waals surface area (Å²) in [6.45, 7) is 2.11. The number of hydrogen-bond acceptors (Lipinski definition) is 4. The van der Waals surface area contributed by atoms with Gasteiger partial charge in [-0.3, -0.25) is 4.98 Å². The third-order valence-corrected chi connectivity index (χ3v) is 3.62. The molecule has 0 aromatic carbocycles. The van der Waals surface area contributed by atoms with Gasteiger partial charge in [0.25, 0.3) is 0 Å². The largest absolute Gasteiger partial charge is 0.461 e. The number of rotatable bonds is 4. The van der Waals surface area contributed by atoms with Gasteiger partial charge < -0.3 is 9.30 Å². The van der Waals surface area contributed by atoms with Gasteiger partial charge in [-0.05, 0) is 42.8 Å². The van der Waals surface area contributed by atoms with Gasteiger partial charge in [0.1, 0.15) is 11.4 Å². The molecule has 0 fully saturated rings. The third kappa shape index (κ3) is 3.47. The molecule has 0 spiro atoms. The summed E-state index contributed by atoms with van der Waals surface area (Å²) in [5.41, 5.74) is 0.509. The summed E-state index contributed by atoms with van der Waals surface area (Å²) < 4.78 is 45.2. The topological polar surface area (TPSA) is 57.0 Å². The minimum absolute atomic E-state index is 0.0898. The Labute approximate surface area is 141 Å². The van der Waals surface area contributed by atoms with Gasteiger partial charge in [0.05, 0.1) is 17.6 Å². The minimum atomic E-state index is -4.55. The fourth-order valence-corrected chi connectivity index (χ4v) is 2.51. The number of nitrogens with zero attached hydrogens (tertiary/aromatic N) is 3. The molecule has 0 atom stereocenters. The molecule has 130 valence electrons. The molecule has 0 bridgehead atoms. The van der Waals surface area contributed by atoms with E-state index in [0.717, 1.165) is 11.6 Å². The van der Waals surface area contributed by atoms with Gasteiger partial charge >= 0.3 is 12.1 Å². The van der Waals surface area contributed by atoms with Crippen molar-refractivity contribution in [3.8, 4) is 0 Å². The summed E-state index contributed by atoms with van der Waals surface area (Å²) in [4.78, 5) is 19.8. The van der Waals surface area contributed by atoms with Gasteiger partial charge in [-0.2, -0.15) is 13.2 Å². The second kappa shape index (κ2) is 6.54. The van der Waals surface area contributed by atoms with Crippen LogP contribution in [0.5, 0.6) is 0 Å². The highest BCUT2D eigenvalue weighted by Gasteiger charge is 2.33. The Bertz CT molecular complexity index is 905. The van der Waals surface area contributed by atoms with Crippen LogP contribution in [0.4, 0.5) is 13.2 Å². The number of alkyl halides is 3. The van der Waals surface area contributed by atoms with Crippen LogP contribution in [-0.2, 0) is 17.5 Å². The molecule has 3 aromatic rings. The SMILES string of the molecule is CCOC(=O)c1cc2nc(C(F)(F)F)ccc2n1Cc1ccncc1. The van der Waals surface area contributed by atoms with Crippen molar-refractivity contribution < 1.29 is 22.7 Å². The van der Waals surface area contributed by atoms with Crippen LogP contribution in [0.1, 0.15) is 28.7 Å². The van der Waals surface area contributed by atoms with E-state index in [1.54, 1.807) is 36.0 Å². The zero-order valence-electron chi connectivity index (χ0n) is 13.2. The Kier molecular flexibility index (Phi) is 4.43. The molecule has 3 heterocycles.